The molecular formula is C18H19N7O3. The quantitative estimate of drug-likeness (QED) is 0.539. The van der Waals surface area contributed by atoms with E-state index in [0.29, 0.717) is 30.2 Å². The van der Waals surface area contributed by atoms with Crippen molar-refractivity contribution in [1.82, 2.24) is 29.9 Å². The number of hydrogen-bond donors (Lipinski definition) is 1. The van der Waals surface area contributed by atoms with Crippen LogP contribution >= 0.6 is 0 Å². The van der Waals surface area contributed by atoms with E-state index in [0.717, 1.165) is 17.2 Å². The van der Waals surface area contributed by atoms with Gasteiger partial charge in [0, 0.05) is 19.2 Å². The van der Waals surface area contributed by atoms with Crippen molar-refractivity contribution in [2.45, 2.75) is 32.4 Å². The van der Waals surface area contributed by atoms with E-state index in [4.69, 9.17) is 9.47 Å². The highest BCUT2D eigenvalue weighted by atomic mass is 16.6. The number of amides is 1. The molecule has 1 amide bonds. The molecule has 0 radical (unpaired) electrons. The Morgan fingerprint density at radius 1 is 1.29 bits per heavy atom. The molecule has 1 aromatic carbocycles. The van der Waals surface area contributed by atoms with E-state index in [1.807, 2.05) is 39.0 Å². The fraction of sp³-hybridized carbons (Fsp3) is 0.389. The van der Waals surface area contributed by atoms with Crippen LogP contribution in [0, 0.1) is 0 Å². The number of benzene rings is 1. The molecule has 10 nitrogen and oxygen atoms in total. The summed E-state index contributed by atoms with van der Waals surface area (Å²) in [5.74, 6) is 2.18. The van der Waals surface area contributed by atoms with Crippen molar-refractivity contribution in [2.24, 2.45) is 0 Å². The van der Waals surface area contributed by atoms with Gasteiger partial charge in [-0.25, -0.2) is 9.78 Å². The summed E-state index contributed by atoms with van der Waals surface area (Å²) in [6.07, 6.45) is 1.32. The molecule has 28 heavy (non-hydrogen) atoms. The van der Waals surface area contributed by atoms with Crippen molar-refractivity contribution in [3.8, 4) is 17.2 Å². The minimum atomic E-state index is -0.500. The lowest BCUT2D eigenvalue weighted by molar-refractivity contribution is 0.0104. The third-order valence-electron chi connectivity index (χ3n) is 4.41. The Morgan fingerprint density at radius 2 is 2.11 bits per heavy atom. The summed E-state index contributed by atoms with van der Waals surface area (Å²) in [4.78, 5) is 22.5. The first-order chi connectivity index (χ1) is 13.4. The van der Waals surface area contributed by atoms with Crippen LogP contribution < -0.4 is 10.1 Å². The largest absolute Gasteiger partial charge is 0.449 e. The molecule has 0 saturated carbocycles. The Labute approximate surface area is 160 Å². The SMILES string of the molecule is CC(C)(C)OC(=O)N1CC(Nc2ncc3nnn(-c4ccc5c(c4)O5)c3n2)C1. The van der Waals surface area contributed by atoms with Crippen LogP contribution in [0.2, 0.25) is 0 Å². The second kappa shape index (κ2) is 5.78. The van der Waals surface area contributed by atoms with Gasteiger partial charge in [0.15, 0.2) is 22.7 Å². The first kappa shape index (κ1) is 16.7. The molecule has 2 aliphatic heterocycles. The maximum Gasteiger partial charge on any atom is 0.410 e. The Hall–Kier alpha value is -3.43. The molecule has 1 saturated heterocycles. The van der Waals surface area contributed by atoms with Crippen LogP contribution in [0.1, 0.15) is 20.8 Å². The molecule has 1 N–H and O–H groups in total. The van der Waals surface area contributed by atoms with Crippen molar-refractivity contribution in [3.63, 3.8) is 0 Å². The summed E-state index contributed by atoms with van der Waals surface area (Å²) in [6, 6.07) is 5.75. The van der Waals surface area contributed by atoms with E-state index in [2.05, 4.69) is 25.6 Å². The highest BCUT2D eigenvalue weighted by molar-refractivity contribution is 5.73. The smallest absolute Gasteiger partial charge is 0.410 e. The molecule has 10 heteroatoms. The van der Waals surface area contributed by atoms with E-state index in [1.54, 1.807) is 15.8 Å². The van der Waals surface area contributed by atoms with Crippen molar-refractivity contribution in [2.75, 3.05) is 18.4 Å². The molecule has 144 valence electrons. The lowest BCUT2D eigenvalue weighted by atomic mass is 10.1. The maximum atomic E-state index is 12.0. The van der Waals surface area contributed by atoms with E-state index in [9.17, 15) is 4.79 Å². The van der Waals surface area contributed by atoms with Gasteiger partial charge in [-0.1, -0.05) is 5.21 Å². The van der Waals surface area contributed by atoms with Gasteiger partial charge >= 0.3 is 6.09 Å². The number of nitrogens with zero attached hydrogens (tertiary/aromatic N) is 6. The molecule has 0 unspecified atom stereocenters. The van der Waals surface area contributed by atoms with Crippen LogP contribution in [0.4, 0.5) is 10.7 Å². The lowest BCUT2D eigenvalue weighted by Gasteiger charge is -2.39. The molecule has 0 spiro atoms. The van der Waals surface area contributed by atoms with E-state index in [1.165, 1.54) is 0 Å². The predicted octanol–water partition coefficient (Wildman–Crippen LogP) is 2.35. The van der Waals surface area contributed by atoms with Gasteiger partial charge in [0.25, 0.3) is 0 Å². The molecule has 0 atom stereocenters. The van der Waals surface area contributed by atoms with Gasteiger partial charge in [-0.05, 0) is 32.9 Å². The average Bonchev–Trinajstić information content (AvgIpc) is 3.25. The number of likely N-dealkylation sites (tertiary alicyclic amines) is 1. The van der Waals surface area contributed by atoms with E-state index < -0.39 is 5.60 Å². The number of aromatic nitrogens is 5. The Morgan fingerprint density at radius 3 is 2.86 bits per heavy atom. The van der Waals surface area contributed by atoms with Crippen molar-refractivity contribution >= 4 is 23.2 Å². The van der Waals surface area contributed by atoms with Crippen LogP contribution in [0.3, 0.4) is 0 Å². The summed E-state index contributed by atoms with van der Waals surface area (Å²) in [5, 5.41) is 11.5. The zero-order valence-electron chi connectivity index (χ0n) is 15.7. The normalized spacial score (nSPS) is 15.6. The topological polar surface area (TPSA) is 111 Å². The monoisotopic (exact) mass is 381 g/mol. The number of carbonyl (C=O) groups is 1. The number of nitrogens with one attached hydrogen (secondary N) is 1. The summed E-state index contributed by atoms with van der Waals surface area (Å²) in [5.41, 5.74) is 1.52. The summed E-state index contributed by atoms with van der Waals surface area (Å²) in [7, 11) is 0. The Kier molecular flexibility index (Phi) is 3.45. The van der Waals surface area contributed by atoms with Crippen LogP contribution in [0.5, 0.6) is 11.5 Å². The van der Waals surface area contributed by atoms with Gasteiger partial charge in [-0.3, -0.25) is 0 Å². The van der Waals surface area contributed by atoms with Gasteiger partial charge in [0.05, 0.1) is 17.9 Å². The molecule has 2 aromatic heterocycles. The van der Waals surface area contributed by atoms with Gasteiger partial charge in [0.1, 0.15) is 5.60 Å². The number of hydrogen-bond acceptors (Lipinski definition) is 8. The van der Waals surface area contributed by atoms with E-state index in [-0.39, 0.29) is 12.1 Å². The fourth-order valence-electron chi connectivity index (χ4n) is 2.98. The van der Waals surface area contributed by atoms with Crippen molar-refractivity contribution in [1.29, 1.82) is 0 Å². The minimum absolute atomic E-state index is 0.0654. The molecule has 0 aliphatic carbocycles. The molecule has 0 bridgehead atoms. The first-order valence-electron chi connectivity index (χ1n) is 9.01. The Bertz CT molecular complexity index is 1080. The molecule has 2 aliphatic rings. The molecule has 4 heterocycles. The number of fused-ring (bicyclic) bond motifs is 2. The van der Waals surface area contributed by atoms with Gasteiger partial charge in [0.2, 0.25) is 5.95 Å². The van der Waals surface area contributed by atoms with Gasteiger partial charge < -0.3 is 19.7 Å². The van der Waals surface area contributed by atoms with E-state index >= 15 is 0 Å². The number of carbonyl (C=O) groups excluding carboxylic acids is 1. The molecule has 1 fully saturated rings. The van der Waals surface area contributed by atoms with Crippen LogP contribution in [-0.4, -0.2) is 60.7 Å². The summed E-state index contributed by atoms with van der Waals surface area (Å²) in [6.45, 7) is 6.63. The number of ether oxygens (including phenoxy) is 2. The minimum Gasteiger partial charge on any atom is -0.449 e. The highest BCUT2D eigenvalue weighted by Gasteiger charge is 2.34. The summed E-state index contributed by atoms with van der Waals surface area (Å²) < 4.78 is 12.3. The molecule has 5 rings (SSSR count). The fourth-order valence-corrected chi connectivity index (χ4v) is 2.98. The maximum absolute atomic E-state index is 12.0. The third kappa shape index (κ3) is 3.06. The predicted molar refractivity (Wildman–Crippen MR) is 99.7 cm³/mol. The zero-order chi connectivity index (χ0) is 19.5. The van der Waals surface area contributed by atoms with Crippen molar-refractivity contribution < 1.29 is 14.3 Å². The van der Waals surface area contributed by atoms with Crippen LogP contribution in [0.15, 0.2) is 24.4 Å². The first-order valence-corrected chi connectivity index (χ1v) is 9.01. The van der Waals surface area contributed by atoms with Gasteiger partial charge in [-0.15, -0.1) is 5.10 Å². The standard InChI is InChI=1S/C18H19N7O3/c1-18(2,3)28-17(26)24-8-10(9-24)20-16-19-7-12-15(21-16)25(23-22-12)11-4-5-13-14(6-11)27-13/h4-7,10H,8-9H2,1-3H3,(H,19,20,21). The Balaban J connectivity index is 1.29. The van der Waals surface area contributed by atoms with Crippen molar-refractivity contribution in [3.05, 3.63) is 24.4 Å². The lowest BCUT2D eigenvalue weighted by Crippen LogP contribution is -2.58. The summed E-state index contributed by atoms with van der Waals surface area (Å²) >= 11 is 0. The van der Waals surface area contributed by atoms with Gasteiger partial charge in [-0.2, -0.15) is 9.67 Å². The zero-order valence-corrected chi connectivity index (χ0v) is 15.7. The second-order valence-corrected chi connectivity index (χ2v) is 7.86. The molecule has 3 aromatic rings. The van der Waals surface area contributed by atoms with Crippen LogP contribution in [-0.2, 0) is 4.74 Å². The number of rotatable bonds is 3. The number of anilines is 1. The highest BCUT2D eigenvalue weighted by Crippen LogP contribution is 2.45. The average molecular weight is 381 g/mol. The molecular weight excluding hydrogens is 362 g/mol. The van der Waals surface area contributed by atoms with Crippen LogP contribution in [0.25, 0.3) is 16.9 Å². The second-order valence-electron chi connectivity index (χ2n) is 7.86. The third-order valence-corrected chi connectivity index (χ3v) is 4.41.